The van der Waals surface area contributed by atoms with Crippen molar-refractivity contribution in [2.24, 2.45) is 105 Å². The van der Waals surface area contributed by atoms with Crippen molar-refractivity contribution in [2.45, 2.75) is 302 Å². The minimum absolute atomic E-state index is 0. The molecule has 1 aliphatic heterocycles. The molecule has 1 saturated heterocycles. The van der Waals surface area contributed by atoms with Crippen molar-refractivity contribution in [3.63, 3.8) is 0 Å². The average Bonchev–Trinajstić information content (AvgIpc) is 1.70. The minimum Gasteiger partial charge on any atom is -1.00 e. The quantitative estimate of drug-likeness (QED) is 0.0678. The number of nitrogens with zero attached hydrogens (tertiary/aromatic N) is 8. The zero-order valence-electron chi connectivity index (χ0n) is 67.1. The Morgan fingerprint density at radius 2 is 0.991 bits per heavy atom. The summed E-state index contributed by atoms with van der Waals surface area (Å²) in [5.41, 5.74) is -1.67. The minimum atomic E-state index is -1.14. The standard InChI is InChI=1S/2C26H36FN3O2.C21H32BrFO2.C5H5N3.C5H8O4.2K.H/c1-16-17(13-28)14-30(29-16)15-23(31)22-7-6-20-19-5-4-18-12-24(2,32)10-11-26(18,27)21(19)8-9-25(20,22)3;1-16-17(13-28)14-29-30(16)15-23(31)22-7-6-20-19-5-4-18-12-24(2,32)10-11-26(18,27)21(19)8-9-25(20,22)3;1-19(25)9-10-21(23)13(11-19)3-4-14-15-5-6-17(18(24)12-22)20(15,2)8-7-16(14)21;1-4-5(2-6)3-7-8-4;6-5(9-7)4-2-1-3-8-4;;;/h2*14,18-22,32H,4-12,15H2,1-3H3;13-17,25H,3-12H2,1-2H3;3H,1H3,(H,7,8);4,7H,1-3H2;;;/q;;;;;2*+1;-1/p-1/t2*18-,19+,20+,21+,22-,24-,25+,26-;13-,14+,15+,16+,17-,19-,20+,21-;;;;;/m111...../s1. The summed E-state index contributed by atoms with van der Waals surface area (Å²) in [5, 5.41) is 83.0. The predicted octanol–water partition coefficient (Wildman–Crippen LogP) is 8.24. The van der Waals surface area contributed by atoms with E-state index in [1.807, 2.05) is 40.7 Å². The van der Waals surface area contributed by atoms with Crippen molar-refractivity contribution in [1.29, 1.82) is 15.8 Å². The first-order valence-electron chi connectivity index (χ1n) is 40.2. The van der Waals surface area contributed by atoms with Crippen LogP contribution in [0.4, 0.5) is 13.2 Å². The number of aromatic nitrogens is 6. The third kappa shape index (κ3) is 17.1. The summed E-state index contributed by atoms with van der Waals surface area (Å²) in [5.74, 6) is 2.87. The monoisotopic (exact) mass is 1610 g/mol. The fourth-order valence-corrected chi connectivity index (χ4v) is 26.2. The van der Waals surface area contributed by atoms with Gasteiger partial charge >= 0.3 is 109 Å². The number of carbonyl (C=O) groups is 4. The largest absolute Gasteiger partial charge is 1.00 e. The van der Waals surface area contributed by atoms with E-state index in [2.05, 4.69) is 74.1 Å². The molecule has 13 aliphatic rings. The molecule has 0 bridgehead atoms. The molecule has 584 valence electrons. The molecule has 0 radical (unpaired) electrons. The van der Waals surface area contributed by atoms with Crippen LogP contribution >= 0.6 is 15.9 Å². The Morgan fingerprint density at radius 3 is 1.33 bits per heavy atom. The van der Waals surface area contributed by atoms with Gasteiger partial charge in [0.2, 0.25) is 0 Å². The van der Waals surface area contributed by atoms with Crippen LogP contribution in [0.15, 0.2) is 18.6 Å². The molecule has 108 heavy (non-hydrogen) atoms. The van der Waals surface area contributed by atoms with Gasteiger partial charge < -0.3 is 31.6 Å². The first-order valence-corrected chi connectivity index (χ1v) is 41.3. The molecule has 25 atom stereocenters. The molecule has 12 aliphatic carbocycles. The molecule has 3 aromatic heterocycles. The maximum Gasteiger partial charge on any atom is 1.00 e. The third-order valence-corrected chi connectivity index (χ3v) is 31.9. The Kier molecular flexibility index (Phi) is 28.3. The number of halogens is 4. The van der Waals surface area contributed by atoms with Crippen LogP contribution in [-0.4, -0.2) is 120 Å². The van der Waals surface area contributed by atoms with Crippen LogP contribution in [0.3, 0.4) is 0 Å². The number of hydrogen-bond acceptors (Lipinski definition) is 16. The van der Waals surface area contributed by atoms with Crippen LogP contribution in [0.1, 0.15) is 263 Å². The number of ether oxygens (including phenoxy) is 1. The van der Waals surface area contributed by atoms with E-state index in [1.165, 1.54) is 12.4 Å². The van der Waals surface area contributed by atoms with Gasteiger partial charge in [-0.1, -0.05) is 36.7 Å². The van der Waals surface area contributed by atoms with Gasteiger partial charge in [-0.15, -0.1) is 0 Å². The maximum atomic E-state index is 16.5. The molecule has 4 N–H and O–H groups in total. The van der Waals surface area contributed by atoms with Gasteiger partial charge in [0.25, 0.3) is 0 Å². The van der Waals surface area contributed by atoms with Gasteiger partial charge in [0, 0.05) is 36.3 Å². The number of alkyl halides is 4. The molecule has 16 rings (SSSR count). The number of aryl methyl sites for hydroxylation is 2. The number of Topliss-reactive ketones (excluding diaryl/α,β-unsaturated/α-hetero) is 3. The summed E-state index contributed by atoms with van der Waals surface area (Å²) in [6.07, 6.45) is 27.7. The molecule has 12 saturated carbocycles. The van der Waals surface area contributed by atoms with E-state index < -0.39 is 45.9 Å². The topological polar surface area (TPSA) is 306 Å². The van der Waals surface area contributed by atoms with Gasteiger partial charge in [-0.2, -0.15) is 31.1 Å². The molecule has 25 heteroatoms. The van der Waals surface area contributed by atoms with Gasteiger partial charge in [-0.3, -0.25) is 28.8 Å². The van der Waals surface area contributed by atoms with Crippen molar-refractivity contribution in [3.8, 4) is 18.2 Å². The zero-order valence-corrected chi connectivity index (χ0v) is 73.9. The second kappa shape index (κ2) is 34.6. The number of nitrogens with one attached hydrogen (secondary N) is 1. The Morgan fingerprint density at radius 1 is 0.574 bits per heavy atom. The summed E-state index contributed by atoms with van der Waals surface area (Å²) in [6.45, 7) is 18.9. The van der Waals surface area contributed by atoms with E-state index in [-0.39, 0.29) is 198 Å². The van der Waals surface area contributed by atoms with Crippen LogP contribution in [0, 0.1) is 160 Å². The Balaban J connectivity index is 0.000000168. The molecular weight excluding hydrogens is 1500 g/mol. The van der Waals surface area contributed by atoms with E-state index in [4.69, 9.17) is 10.00 Å². The molecule has 4 heterocycles. The molecule has 3 aromatic rings. The number of carbonyl (C=O) groups excluding carboxylic acids is 4. The third-order valence-electron chi connectivity index (χ3n) is 31.4. The van der Waals surface area contributed by atoms with Crippen molar-refractivity contribution in [1.82, 2.24) is 29.8 Å². The number of aliphatic hydroxyl groups is 3. The Labute approximate surface area is 732 Å². The number of hydrogen-bond donors (Lipinski definition) is 4. The normalized spacial score (nSPS) is 42.5. The number of aromatic amines is 1. The smallest absolute Gasteiger partial charge is 1.00 e. The van der Waals surface area contributed by atoms with Crippen LogP contribution in [-0.2, 0) is 41.9 Å². The van der Waals surface area contributed by atoms with E-state index >= 15 is 13.2 Å². The Hall–Kier alpha value is -2.08. The first-order chi connectivity index (χ1) is 50.1. The van der Waals surface area contributed by atoms with Crippen molar-refractivity contribution < 1.29 is 167 Å². The molecular formula is C83H117BrF3K2N9O10. The fourth-order valence-electron chi connectivity index (χ4n) is 25.8. The van der Waals surface area contributed by atoms with Gasteiger partial charge in [-0.05, 0) is 315 Å². The second-order valence-electron chi connectivity index (χ2n) is 37.2. The number of fused-ring (bicyclic) bond motifs is 15. The fraction of sp³-hybridized carbons (Fsp3) is 0.807. The summed E-state index contributed by atoms with van der Waals surface area (Å²) < 4.78 is 57.3. The summed E-state index contributed by atoms with van der Waals surface area (Å²) in [7, 11) is 0. The van der Waals surface area contributed by atoms with Gasteiger partial charge in [0.05, 0.1) is 69.1 Å². The average molecular weight is 1620 g/mol. The van der Waals surface area contributed by atoms with E-state index in [0.717, 1.165) is 133 Å². The molecule has 0 amide bonds. The number of ketones is 3. The van der Waals surface area contributed by atoms with Gasteiger partial charge in [0.15, 0.2) is 17.7 Å². The number of rotatable bonds is 9. The van der Waals surface area contributed by atoms with Crippen LogP contribution in [0.25, 0.3) is 0 Å². The van der Waals surface area contributed by atoms with Crippen molar-refractivity contribution in [3.05, 3.63) is 52.4 Å². The Bertz CT molecular complexity index is 3860. The predicted molar refractivity (Wildman–Crippen MR) is 391 cm³/mol. The van der Waals surface area contributed by atoms with Gasteiger partial charge in [-0.25, -0.2) is 18.0 Å². The maximum absolute atomic E-state index is 16.5. The van der Waals surface area contributed by atoms with Crippen LogP contribution < -0.4 is 108 Å². The summed E-state index contributed by atoms with van der Waals surface area (Å²) in [6, 6.07) is 6.24. The van der Waals surface area contributed by atoms with Gasteiger partial charge in [0.1, 0.15) is 47.5 Å². The van der Waals surface area contributed by atoms with E-state index in [9.17, 15) is 50.3 Å². The number of H-pyrrole nitrogens is 1. The molecule has 13 fully saturated rings. The van der Waals surface area contributed by atoms with Crippen molar-refractivity contribution >= 4 is 39.2 Å². The second-order valence-corrected chi connectivity index (χ2v) is 37.7. The number of nitriles is 3. The molecule has 1 unspecified atom stereocenters. The van der Waals surface area contributed by atoms with E-state index in [0.29, 0.717) is 140 Å². The SMILES string of the molecule is C[C@@]1(O)CC[C@@]2(F)[C@H](CC[C@H]3[C@@H]4CC[C@H](C(=O)CBr)[C@@]4(C)CC[C@@H]32)C1.Cc1[nH]ncc1C#N.Cc1c(C#N)cnn1CC(=O)[C@H]1CC[C@H]2[C@@H]3CC[C@@H]4C[C@](C)(O)CC[C@]4(F)[C@H]3CC[C@]12C.Cc1nn(CC(=O)[C@H]2CC[C@H]3[C@@H]4CC[C@@H]5C[C@](C)(O)CC[C@]5(F)[C@H]4CC[C@]23C)cc1C#N.O=C(O[O-])C1CCCO1.[H-].[K+].[K+]. The summed E-state index contributed by atoms with van der Waals surface area (Å²) >= 11 is 3.37. The summed E-state index contributed by atoms with van der Waals surface area (Å²) in [4.78, 5) is 52.8. The van der Waals surface area contributed by atoms with Crippen molar-refractivity contribution in [2.75, 3.05) is 11.9 Å². The zero-order chi connectivity index (χ0) is 76.5. The first kappa shape index (κ1) is 88.3. The molecule has 0 spiro atoms. The molecule has 0 aromatic carbocycles. The van der Waals surface area contributed by atoms with Crippen LogP contribution in [0.5, 0.6) is 0 Å². The van der Waals surface area contributed by atoms with E-state index in [1.54, 1.807) is 22.5 Å². The molecule has 19 nitrogen and oxygen atoms in total. The van der Waals surface area contributed by atoms with Crippen LogP contribution in [0.2, 0.25) is 0 Å².